The molecule has 7 rings (SSSR count). The van der Waals surface area contributed by atoms with Crippen LogP contribution in [0.5, 0.6) is 0 Å². The van der Waals surface area contributed by atoms with Gasteiger partial charge in [0.25, 0.3) is 32.1 Å². The van der Waals surface area contributed by atoms with Crippen molar-refractivity contribution in [2.45, 2.75) is 64.3 Å². The number of fused-ring (bicyclic) bond motifs is 2. The normalized spacial score (nSPS) is 14.2. The third-order valence-electron chi connectivity index (χ3n) is 16.1. The van der Waals surface area contributed by atoms with Crippen LogP contribution in [0.4, 0.5) is 5.69 Å². The van der Waals surface area contributed by atoms with Gasteiger partial charge in [-0.1, -0.05) is 25.0 Å². The maximum atomic E-state index is 13.8. The molecule has 3 aromatic carbocycles. The van der Waals surface area contributed by atoms with E-state index in [9.17, 15) is 41.1 Å². The number of nitrogens with one attached hydrogen (secondary N) is 3. The van der Waals surface area contributed by atoms with Crippen molar-refractivity contribution >= 4 is 72.2 Å². The first-order chi connectivity index (χ1) is 45.4. The largest absolute Gasteiger partial charge is 0.478 e. The fourth-order valence-electron chi connectivity index (χ4n) is 11.0. The molecular weight excluding hydrogens is 1280 g/mol. The number of carboxylic acid groups (broad SMARTS) is 1. The van der Waals surface area contributed by atoms with Gasteiger partial charge in [-0.25, -0.2) is 9.37 Å². The molecular formula is C66H93ClN7O18S2+. The quantitative estimate of drug-likeness (QED) is 0.00920. The summed E-state index contributed by atoms with van der Waals surface area (Å²) in [6.07, 6.45) is 6.46. The molecule has 0 aromatic heterocycles. The molecule has 0 spiro atoms. The molecule has 0 saturated carbocycles. The summed E-state index contributed by atoms with van der Waals surface area (Å²) in [5, 5.41) is 20.8. The molecule has 0 bridgehead atoms. The monoisotopic (exact) mass is 1370 g/mol. The van der Waals surface area contributed by atoms with Gasteiger partial charge in [0.05, 0.1) is 109 Å². The SMILES string of the molecule is O=C(CCOCCOCCOCCOCCNC(=O)c1ccc(C(=O)O)c(-c2c3ccc(=[N+]4CCN(CCCCS(=O)(=O)O)CC4)cc-3oc3cc(N4CCN(CCCCS(=O)(=O)O)CC4)ccc23)c1)NCc1ccc(C(=O)NCCOCCOCCCCCCCl)cc1. The van der Waals surface area contributed by atoms with Crippen LogP contribution in [0.15, 0.2) is 83.3 Å². The van der Waals surface area contributed by atoms with Crippen molar-refractivity contribution in [2.75, 3.05) is 180 Å². The average Bonchev–Trinajstić information content (AvgIpc) is 0.744. The van der Waals surface area contributed by atoms with Gasteiger partial charge in [0.2, 0.25) is 11.3 Å². The molecule has 0 radical (unpaired) electrons. The number of nitrogens with zero attached hydrogens (tertiary/aromatic N) is 4. The fourth-order valence-corrected chi connectivity index (χ4v) is 12.3. The number of aromatic carboxylic acids is 1. The number of amides is 3. The van der Waals surface area contributed by atoms with Gasteiger partial charge >= 0.3 is 5.97 Å². The number of unbranched alkanes of at least 4 members (excludes halogenated alkanes) is 5. The highest BCUT2D eigenvalue weighted by Crippen LogP contribution is 2.42. The van der Waals surface area contributed by atoms with Crippen LogP contribution in [0, 0.1) is 0 Å². The van der Waals surface area contributed by atoms with Gasteiger partial charge in [-0.2, -0.15) is 16.8 Å². The summed E-state index contributed by atoms with van der Waals surface area (Å²) in [7, 11) is -8.01. The van der Waals surface area contributed by atoms with E-state index in [4.69, 9.17) is 53.5 Å². The van der Waals surface area contributed by atoms with Gasteiger partial charge in [-0.3, -0.25) is 33.3 Å². The number of carboxylic acids is 1. The van der Waals surface area contributed by atoms with E-state index < -0.39 is 32.1 Å². The number of alkyl halides is 1. The Hall–Kier alpha value is -6.18. The van der Waals surface area contributed by atoms with Gasteiger partial charge in [0, 0.05) is 110 Å². The summed E-state index contributed by atoms with van der Waals surface area (Å²) in [6.45, 7) is 12.3. The highest BCUT2D eigenvalue weighted by atomic mass is 35.5. The number of benzene rings is 4. The number of ether oxygens (including phenoxy) is 6. The Balaban J connectivity index is 0.818. The fraction of sp³-hybridized carbons (Fsp3) is 0.561. The zero-order valence-corrected chi connectivity index (χ0v) is 56.0. The van der Waals surface area contributed by atoms with Crippen LogP contribution in [-0.4, -0.2) is 240 Å². The number of hydrogen-bond acceptors (Lipinski definition) is 18. The third kappa shape index (κ3) is 26.8. The second-order valence-corrected chi connectivity index (χ2v) is 26.6. The summed E-state index contributed by atoms with van der Waals surface area (Å²) >= 11 is 5.69. The first-order valence-corrected chi connectivity index (χ1v) is 36.2. The smallest absolute Gasteiger partial charge is 0.336 e. The van der Waals surface area contributed by atoms with Crippen LogP contribution in [0.25, 0.3) is 33.4 Å². The molecule has 3 heterocycles. The maximum absolute atomic E-state index is 13.8. The van der Waals surface area contributed by atoms with Crippen molar-refractivity contribution in [1.29, 1.82) is 0 Å². The molecule has 28 heteroatoms. The van der Waals surface area contributed by atoms with Crippen molar-refractivity contribution in [3.63, 3.8) is 0 Å². The lowest BCUT2D eigenvalue weighted by molar-refractivity contribution is -0.122. The van der Waals surface area contributed by atoms with Gasteiger partial charge in [0.1, 0.15) is 11.3 Å². The molecule has 94 heavy (non-hydrogen) atoms. The van der Waals surface area contributed by atoms with Gasteiger partial charge in [-0.15, -0.1) is 11.6 Å². The molecule has 2 fully saturated rings. The Morgan fingerprint density at radius 2 is 1.10 bits per heavy atom. The Labute approximate surface area is 556 Å². The topological polar surface area (TPSA) is 315 Å². The minimum Gasteiger partial charge on any atom is -0.478 e. The maximum Gasteiger partial charge on any atom is 0.336 e. The molecule has 2 saturated heterocycles. The molecule has 1 aliphatic carbocycles. The van der Waals surface area contributed by atoms with Crippen LogP contribution in [-0.2, 0) is 60.0 Å². The number of carbonyl (C=O) groups excluding carboxylic acids is 3. The molecule has 25 nitrogen and oxygen atoms in total. The predicted molar refractivity (Wildman–Crippen MR) is 358 cm³/mol. The van der Waals surface area contributed by atoms with Crippen molar-refractivity contribution in [2.24, 2.45) is 0 Å². The molecule has 3 aromatic rings. The molecule has 4 aliphatic rings. The Morgan fingerprint density at radius 3 is 1.69 bits per heavy atom. The summed E-state index contributed by atoms with van der Waals surface area (Å²) in [5.74, 6) is -1.29. The zero-order valence-electron chi connectivity index (χ0n) is 53.6. The minimum absolute atomic E-state index is 0.00358. The molecule has 518 valence electrons. The van der Waals surface area contributed by atoms with Crippen molar-refractivity contribution in [3.05, 3.63) is 106 Å². The van der Waals surface area contributed by atoms with Gasteiger partial charge < -0.3 is 58.8 Å². The molecule has 6 N–H and O–H groups in total. The summed E-state index contributed by atoms with van der Waals surface area (Å²) < 4.78 is 106. The van der Waals surface area contributed by atoms with Crippen LogP contribution in [0.1, 0.15) is 94.4 Å². The summed E-state index contributed by atoms with van der Waals surface area (Å²) in [6, 6.07) is 23.3. The number of hydrogen-bond donors (Lipinski definition) is 6. The van der Waals surface area contributed by atoms with Crippen molar-refractivity contribution in [1.82, 2.24) is 30.3 Å². The van der Waals surface area contributed by atoms with E-state index in [1.54, 1.807) is 30.3 Å². The molecule has 0 atom stereocenters. The molecule has 3 aliphatic heterocycles. The predicted octanol–water partition coefficient (Wildman–Crippen LogP) is 5.51. The Morgan fingerprint density at radius 1 is 0.543 bits per heavy atom. The van der Waals surface area contributed by atoms with E-state index in [1.165, 1.54) is 12.1 Å². The summed E-state index contributed by atoms with van der Waals surface area (Å²) in [5.41, 5.74) is 4.59. The first-order valence-electron chi connectivity index (χ1n) is 32.5. The lowest BCUT2D eigenvalue weighted by Crippen LogP contribution is -2.48. The van der Waals surface area contributed by atoms with E-state index in [0.29, 0.717) is 182 Å². The second-order valence-electron chi connectivity index (χ2n) is 23.1. The minimum atomic E-state index is -4.01. The Kier molecular flexibility index (Phi) is 32.3. The van der Waals surface area contributed by atoms with Gasteiger partial charge in [0.15, 0.2) is 13.1 Å². The number of anilines is 1. The second kappa shape index (κ2) is 40.4. The van der Waals surface area contributed by atoms with Crippen molar-refractivity contribution in [3.8, 4) is 22.5 Å². The van der Waals surface area contributed by atoms with Crippen molar-refractivity contribution < 1.29 is 83.1 Å². The van der Waals surface area contributed by atoms with E-state index in [2.05, 4.69) is 35.2 Å². The number of carbonyl (C=O) groups is 4. The summed E-state index contributed by atoms with van der Waals surface area (Å²) in [4.78, 5) is 58.5. The van der Waals surface area contributed by atoms with E-state index in [-0.39, 0.29) is 67.2 Å². The van der Waals surface area contributed by atoms with Crippen LogP contribution < -0.4 is 30.8 Å². The lowest BCUT2D eigenvalue weighted by atomic mass is 9.89. The molecule has 0 unspecified atom stereocenters. The molecule has 3 amide bonds. The highest BCUT2D eigenvalue weighted by molar-refractivity contribution is 7.86. The first kappa shape index (κ1) is 75.2. The highest BCUT2D eigenvalue weighted by Gasteiger charge is 2.27. The van der Waals surface area contributed by atoms with Gasteiger partial charge in [-0.05, 0) is 111 Å². The number of rotatable bonds is 44. The number of halogens is 1. The number of piperazine rings is 2. The Bertz CT molecular complexity index is 3450. The van der Waals surface area contributed by atoms with E-state index in [0.717, 1.165) is 68.5 Å². The van der Waals surface area contributed by atoms with Crippen LogP contribution in [0.3, 0.4) is 0 Å². The standard InChI is InChI=1S/C66H92ClN7O18S2/c67-20-3-1-2-6-33-86-37-39-88-35-21-68-64(76)52-11-9-51(10-12-52)50-70-62(75)19-34-87-38-41-90-43-44-91-42-40-89-36-22-69-65(77)53-13-16-56(66(78)79)59(47-53)63-57-17-14-54(73-29-25-71(26-30-73)23-4-7-45-93(80,81)82)48-60(57)92-61-49-55(15-18-58(61)63)74-31-27-72(28-32-74)24-5-8-46-94(83,84)85/h9-18,47-49H,1-8,19-46,50H2,(H5-,68,69,70,75,76,77,78,79,80,81,82,83,84,85)/p+1. The van der Waals surface area contributed by atoms with E-state index >= 15 is 0 Å². The van der Waals surface area contributed by atoms with E-state index in [1.807, 2.05) is 36.4 Å². The third-order valence-corrected chi connectivity index (χ3v) is 18.0. The lowest BCUT2D eigenvalue weighted by Gasteiger charge is -2.36. The average molecular weight is 1370 g/mol. The van der Waals surface area contributed by atoms with Crippen LogP contribution in [0.2, 0.25) is 0 Å². The zero-order chi connectivity index (χ0) is 67.0. The van der Waals surface area contributed by atoms with Crippen LogP contribution >= 0.6 is 11.6 Å².